The summed E-state index contributed by atoms with van der Waals surface area (Å²) < 4.78 is 1.03. The molecule has 2 aromatic heterocycles. The van der Waals surface area contributed by atoms with Gasteiger partial charge in [0.05, 0.1) is 11.1 Å². The topological polar surface area (TPSA) is 104 Å². The summed E-state index contributed by atoms with van der Waals surface area (Å²) in [6.45, 7) is 2.14. The molecule has 21 heavy (non-hydrogen) atoms. The normalized spacial score (nSPS) is 17.9. The smallest absolute Gasteiger partial charge is 0.281 e. The molecule has 0 saturated carbocycles. The highest BCUT2D eigenvalue weighted by Gasteiger charge is 2.25. The Hall–Kier alpha value is -1.54. The van der Waals surface area contributed by atoms with Crippen molar-refractivity contribution in [1.29, 1.82) is 0 Å². The van der Waals surface area contributed by atoms with Gasteiger partial charge < -0.3 is 11.6 Å². The van der Waals surface area contributed by atoms with Gasteiger partial charge in [-0.2, -0.15) is 0 Å². The second kappa shape index (κ2) is 5.34. The van der Waals surface area contributed by atoms with E-state index in [9.17, 15) is 9.59 Å². The Balaban J connectivity index is 2.18. The molecule has 0 unspecified atom stereocenters. The highest BCUT2D eigenvalue weighted by Crippen LogP contribution is 2.40. The summed E-state index contributed by atoms with van der Waals surface area (Å²) >= 11 is 2.66. The van der Waals surface area contributed by atoms with Crippen molar-refractivity contribution < 1.29 is 4.79 Å². The van der Waals surface area contributed by atoms with Crippen LogP contribution in [0.5, 0.6) is 0 Å². The predicted molar refractivity (Wildman–Crippen MR) is 85.3 cm³/mol. The summed E-state index contributed by atoms with van der Waals surface area (Å²) in [6.07, 6.45) is 3.22. The minimum absolute atomic E-state index is 0.0522. The van der Waals surface area contributed by atoms with E-state index < -0.39 is 5.91 Å². The van der Waals surface area contributed by atoms with E-state index in [0.717, 1.165) is 41.3 Å². The second-order valence-electron chi connectivity index (χ2n) is 5.24. The van der Waals surface area contributed by atoms with Crippen LogP contribution >= 0.6 is 23.1 Å². The van der Waals surface area contributed by atoms with E-state index >= 15 is 0 Å². The molecule has 2 heterocycles. The first-order valence-electron chi connectivity index (χ1n) is 6.73. The number of aromatic nitrogens is 2. The average Bonchev–Trinajstić information content (AvgIpc) is 2.81. The molecular formula is C13H16N4O2S2. The first-order valence-corrected chi connectivity index (χ1v) is 8.53. The summed E-state index contributed by atoms with van der Waals surface area (Å²) in [5.74, 6) is 5.80. The number of hydrogen-bond donors (Lipinski definition) is 2. The van der Waals surface area contributed by atoms with Crippen molar-refractivity contribution >= 4 is 39.2 Å². The predicted octanol–water partition coefficient (Wildman–Crippen LogP) is 1.19. The number of aryl methyl sites for hydroxylation is 1. The Morgan fingerprint density at radius 1 is 1.57 bits per heavy atom. The maximum atomic E-state index is 12.5. The number of primary amides is 1. The summed E-state index contributed by atoms with van der Waals surface area (Å²) in [5.41, 5.74) is 6.00. The Morgan fingerprint density at radius 2 is 2.33 bits per heavy atom. The van der Waals surface area contributed by atoms with Crippen LogP contribution in [0, 0.1) is 0 Å². The molecule has 0 spiro atoms. The van der Waals surface area contributed by atoms with Gasteiger partial charge in [0.1, 0.15) is 4.83 Å². The highest BCUT2D eigenvalue weighted by molar-refractivity contribution is 7.99. The van der Waals surface area contributed by atoms with E-state index in [-0.39, 0.29) is 11.3 Å². The second-order valence-corrected chi connectivity index (χ2v) is 7.26. The van der Waals surface area contributed by atoms with Crippen molar-refractivity contribution in [2.75, 3.05) is 11.6 Å². The van der Waals surface area contributed by atoms with Gasteiger partial charge in [0, 0.05) is 4.88 Å². The van der Waals surface area contributed by atoms with Crippen molar-refractivity contribution in [3.63, 3.8) is 0 Å². The molecule has 8 heteroatoms. The van der Waals surface area contributed by atoms with Gasteiger partial charge in [0.15, 0.2) is 5.16 Å². The fourth-order valence-corrected chi connectivity index (χ4v) is 4.80. The molecule has 112 valence electrons. The number of thioether (sulfide) groups is 1. The lowest BCUT2D eigenvalue weighted by Crippen LogP contribution is -2.30. The van der Waals surface area contributed by atoms with Gasteiger partial charge in [-0.1, -0.05) is 18.7 Å². The van der Waals surface area contributed by atoms with Gasteiger partial charge in [-0.3, -0.25) is 9.59 Å². The van der Waals surface area contributed by atoms with E-state index in [4.69, 9.17) is 11.6 Å². The fourth-order valence-electron chi connectivity index (χ4n) is 2.77. The van der Waals surface area contributed by atoms with Crippen LogP contribution in [0.4, 0.5) is 0 Å². The largest absolute Gasteiger partial charge is 0.369 e. The molecule has 1 amide bonds. The lowest BCUT2D eigenvalue weighted by atomic mass is 9.88. The number of carbonyl (C=O) groups excluding carboxylic acids is 1. The summed E-state index contributed by atoms with van der Waals surface area (Å²) in [4.78, 5) is 29.8. The summed E-state index contributed by atoms with van der Waals surface area (Å²) in [6, 6.07) is 0. The lowest BCUT2D eigenvalue weighted by Gasteiger charge is -2.18. The van der Waals surface area contributed by atoms with Crippen molar-refractivity contribution in [3.8, 4) is 0 Å². The number of carbonyl (C=O) groups is 1. The molecule has 0 aromatic carbocycles. The molecule has 0 saturated heterocycles. The third-order valence-corrected chi connectivity index (χ3v) is 5.85. The van der Waals surface area contributed by atoms with Crippen LogP contribution in [0.25, 0.3) is 10.2 Å². The van der Waals surface area contributed by atoms with E-state index in [0.29, 0.717) is 21.3 Å². The molecule has 0 aliphatic heterocycles. The minimum atomic E-state index is -0.464. The Labute approximate surface area is 129 Å². The third kappa shape index (κ3) is 2.42. The molecule has 2 aromatic rings. The molecule has 0 fully saturated rings. The molecule has 1 aliphatic carbocycles. The Bertz CT molecular complexity index is 781. The van der Waals surface area contributed by atoms with Crippen LogP contribution in [0.15, 0.2) is 9.95 Å². The zero-order chi connectivity index (χ0) is 15.1. The number of nitrogens with two attached hydrogens (primary N) is 2. The lowest BCUT2D eigenvalue weighted by molar-refractivity contribution is -0.115. The first kappa shape index (κ1) is 14.4. The number of nitrogen functional groups attached to an aromatic ring is 1. The van der Waals surface area contributed by atoms with Gasteiger partial charge in [-0.15, -0.1) is 11.3 Å². The zero-order valence-electron chi connectivity index (χ0n) is 11.6. The summed E-state index contributed by atoms with van der Waals surface area (Å²) in [7, 11) is 0. The molecule has 1 aliphatic rings. The first-order chi connectivity index (χ1) is 9.99. The zero-order valence-corrected chi connectivity index (χ0v) is 13.2. The summed E-state index contributed by atoms with van der Waals surface area (Å²) in [5, 5.41) is 0.977. The van der Waals surface area contributed by atoms with Crippen molar-refractivity contribution in [1.82, 2.24) is 9.66 Å². The van der Waals surface area contributed by atoms with Crippen LogP contribution in [-0.4, -0.2) is 21.3 Å². The fraction of sp³-hybridized carbons (Fsp3) is 0.462. The van der Waals surface area contributed by atoms with E-state index in [2.05, 4.69) is 11.9 Å². The van der Waals surface area contributed by atoms with Gasteiger partial charge >= 0.3 is 0 Å². The van der Waals surface area contributed by atoms with Crippen LogP contribution in [-0.2, 0) is 11.2 Å². The number of fused-ring (bicyclic) bond motifs is 3. The maximum Gasteiger partial charge on any atom is 0.281 e. The molecular weight excluding hydrogens is 308 g/mol. The van der Waals surface area contributed by atoms with Crippen LogP contribution in [0.3, 0.4) is 0 Å². The average molecular weight is 324 g/mol. The van der Waals surface area contributed by atoms with Gasteiger partial charge in [0.25, 0.3) is 5.56 Å². The van der Waals surface area contributed by atoms with Crippen molar-refractivity contribution in [2.24, 2.45) is 5.73 Å². The number of rotatable bonds is 3. The van der Waals surface area contributed by atoms with Gasteiger partial charge in [-0.25, -0.2) is 9.66 Å². The standard InChI is InChI=1S/C13H16N4O2S2/c1-6-3-2-4-7-9(6)10-11(21-7)16-13(17(15)12(10)19)20-5-8(14)18/h6H,2-5,15H2,1H3,(H2,14,18)/t6-/m1/s1. The molecule has 0 radical (unpaired) electrons. The molecule has 0 bridgehead atoms. The molecule has 6 nitrogen and oxygen atoms in total. The minimum Gasteiger partial charge on any atom is -0.369 e. The van der Waals surface area contributed by atoms with Crippen LogP contribution in [0.2, 0.25) is 0 Å². The molecule has 4 N–H and O–H groups in total. The third-order valence-electron chi connectivity index (χ3n) is 3.72. The number of thiophene rings is 1. The molecule has 1 atom stereocenters. The number of nitrogens with zero attached hydrogens (tertiary/aromatic N) is 2. The quantitative estimate of drug-likeness (QED) is 0.501. The van der Waals surface area contributed by atoms with Crippen LogP contribution in [0.1, 0.15) is 36.1 Å². The monoisotopic (exact) mass is 324 g/mol. The highest BCUT2D eigenvalue weighted by atomic mass is 32.2. The SMILES string of the molecule is C[C@@H]1CCCc2sc3nc(SCC(N)=O)n(N)c(=O)c3c21. The van der Waals surface area contributed by atoms with Crippen LogP contribution < -0.4 is 17.1 Å². The number of hydrogen-bond acceptors (Lipinski definition) is 6. The van der Waals surface area contributed by atoms with E-state index in [1.165, 1.54) is 4.88 Å². The van der Waals surface area contributed by atoms with E-state index in [1.54, 1.807) is 11.3 Å². The van der Waals surface area contributed by atoms with Crippen molar-refractivity contribution in [3.05, 3.63) is 20.8 Å². The Morgan fingerprint density at radius 3 is 3.05 bits per heavy atom. The Kier molecular flexibility index (Phi) is 3.66. The van der Waals surface area contributed by atoms with E-state index in [1.807, 2.05) is 0 Å². The van der Waals surface area contributed by atoms with Crippen molar-refractivity contribution in [2.45, 2.75) is 37.3 Å². The van der Waals surface area contributed by atoms with Gasteiger partial charge in [0.2, 0.25) is 5.91 Å². The molecule has 3 rings (SSSR count). The number of amides is 1. The van der Waals surface area contributed by atoms with Gasteiger partial charge in [-0.05, 0) is 30.7 Å². The maximum absolute atomic E-state index is 12.5.